The van der Waals surface area contributed by atoms with E-state index in [-0.39, 0.29) is 11.5 Å². The Bertz CT molecular complexity index is 1320. The molecule has 7 nitrogen and oxygen atoms in total. The van der Waals surface area contributed by atoms with E-state index in [4.69, 9.17) is 11.6 Å². The molecule has 0 radical (unpaired) electrons. The van der Waals surface area contributed by atoms with Gasteiger partial charge in [0.05, 0.1) is 26.9 Å². The number of para-hydroxylation sites is 2. The molecule has 4 aromatic rings. The maximum Gasteiger partial charge on any atom is 0.262 e. The Hall–Kier alpha value is -2.84. The lowest BCUT2D eigenvalue weighted by Crippen LogP contribution is -2.24. The van der Waals surface area contributed by atoms with Crippen molar-refractivity contribution in [3.8, 4) is 0 Å². The molecule has 1 N–H and O–H groups in total. The summed E-state index contributed by atoms with van der Waals surface area (Å²) >= 11 is 7.44. The fraction of sp³-hybridized carbons (Fsp3) is 0.273. The van der Waals surface area contributed by atoms with Crippen LogP contribution in [0.4, 0.5) is 5.69 Å². The molecule has 2 heterocycles. The number of carbonyl (C=O) groups is 1. The van der Waals surface area contributed by atoms with Crippen molar-refractivity contribution in [1.29, 1.82) is 0 Å². The predicted octanol–water partition coefficient (Wildman–Crippen LogP) is 4.62. The molecule has 1 atom stereocenters. The van der Waals surface area contributed by atoms with Crippen molar-refractivity contribution in [2.24, 2.45) is 0 Å². The lowest BCUT2D eigenvalue weighted by atomic mass is 10.2. The van der Waals surface area contributed by atoms with Crippen molar-refractivity contribution in [3.63, 3.8) is 0 Å². The zero-order valence-corrected chi connectivity index (χ0v) is 18.8. The molecule has 31 heavy (non-hydrogen) atoms. The van der Waals surface area contributed by atoms with Crippen LogP contribution in [-0.4, -0.2) is 30.3 Å². The molecular weight excluding hydrogens is 434 g/mol. The van der Waals surface area contributed by atoms with Crippen LogP contribution in [0.25, 0.3) is 16.7 Å². The van der Waals surface area contributed by atoms with Gasteiger partial charge in [0.2, 0.25) is 11.7 Å². The molecule has 0 aliphatic rings. The molecule has 0 aliphatic carbocycles. The van der Waals surface area contributed by atoms with Crippen molar-refractivity contribution in [2.45, 2.75) is 43.6 Å². The second-order valence-electron chi connectivity index (χ2n) is 7.17. The van der Waals surface area contributed by atoms with Gasteiger partial charge >= 0.3 is 0 Å². The number of fused-ring (bicyclic) bond motifs is 3. The Morgan fingerprint density at radius 3 is 2.68 bits per heavy atom. The minimum Gasteiger partial charge on any atom is -0.324 e. The van der Waals surface area contributed by atoms with Crippen LogP contribution in [0.15, 0.2) is 58.5 Å². The monoisotopic (exact) mass is 455 g/mol. The van der Waals surface area contributed by atoms with Crippen LogP contribution < -0.4 is 10.9 Å². The van der Waals surface area contributed by atoms with E-state index in [9.17, 15) is 9.59 Å². The summed E-state index contributed by atoms with van der Waals surface area (Å²) in [4.78, 5) is 25.8. The van der Waals surface area contributed by atoms with Gasteiger partial charge in [0.25, 0.3) is 5.56 Å². The van der Waals surface area contributed by atoms with Crippen molar-refractivity contribution in [3.05, 3.63) is 63.9 Å². The fourth-order valence-corrected chi connectivity index (χ4v) is 4.37. The first-order valence-electron chi connectivity index (χ1n) is 10.1. The summed E-state index contributed by atoms with van der Waals surface area (Å²) in [5.41, 5.74) is 1.21. The van der Waals surface area contributed by atoms with Gasteiger partial charge in [-0.25, -0.2) is 0 Å². The van der Waals surface area contributed by atoms with Gasteiger partial charge in [-0.05, 0) is 37.6 Å². The number of hydrogen-bond acceptors (Lipinski definition) is 5. The molecule has 0 spiro atoms. The Kier molecular flexibility index (Phi) is 6.29. The number of unbranched alkanes of at least 4 members (excludes halogenated alkanes) is 1. The number of aryl methyl sites for hydroxylation is 1. The van der Waals surface area contributed by atoms with E-state index in [0.29, 0.717) is 33.6 Å². The van der Waals surface area contributed by atoms with Crippen molar-refractivity contribution >= 4 is 51.6 Å². The van der Waals surface area contributed by atoms with E-state index >= 15 is 0 Å². The van der Waals surface area contributed by atoms with Gasteiger partial charge in [-0.2, -0.15) is 0 Å². The van der Waals surface area contributed by atoms with Gasteiger partial charge in [0.15, 0.2) is 5.16 Å². The van der Waals surface area contributed by atoms with E-state index < -0.39 is 5.25 Å². The average molecular weight is 456 g/mol. The van der Waals surface area contributed by atoms with Crippen LogP contribution in [0.3, 0.4) is 0 Å². The van der Waals surface area contributed by atoms with Crippen LogP contribution in [-0.2, 0) is 11.3 Å². The molecule has 160 valence electrons. The summed E-state index contributed by atoms with van der Waals surface area (Å²) in [5, 5.41) is 12.6. The largest absolute Gasteiger partial charge is 0.324 e. The topological polar surface area (TPSA) is 81.3 Å². The van der Waals surface area contributed by atoms with Crippen molar-refractivity contribution in [1.82, 2.24) is 19.2 Å². The summed E-state index contributed by atoms with van der Waals surface area (Å²) in [6, 6.07) is 14.5. The fourth-order valence-electron chi connectivity index (χ4n) is 3.34. The quantitative estimate of drug-likeness (QED) is 0.411. The number of carbonyl (C=O) groups excluding carboxylic acids is 1. The lowest BCUT2D eigenvalue weighted by Gasteiger charge is -2.13. The molecule has 0 fully saturated rings. The lowest BCUT2D eigenvalue weighted by molar-refractivity contribution is -0.115. The molecule has 0 aliphatic heterocycles. The van der Waals surface area contributed by atoms with E-state index in [1.165, 1.54) is 11.8 Å². The number of hydrogen-bond donors (Lipinski definition) is 1. The molecule has 2 aromatic heterocycles. The molecule has 9 heteroatoms. The molecule has 1 amide bonds. The summed E-state index contributed by atoms with van der Waals surface area (Å²) in [6.07, 6.45) is 1.82. The Morgan fingerprint density at radius 1 is 1.16 bits per heavy atom. The number of amides is 1. The van der Waals surface area contributed by atoms with Crippen LogP contribution >= 0.6 is 23.4 Å². The first-order chi connectivity index (χ1) is 15.0. The summed E-state index contributed by atoms with van der Waals surface area (Å²) in [5.74, 6) is 0.289. The highest BCUT2D eigenvalue weighted by Gasteiger charge is 2.22. The van der Waals surface area contributed by atoms with Crippen LogP contribution in [0, 0.1) is 0 Å². The van der Waals surface area contributed by atoms with Gasteiger partial charge in [0, 0.05) is 6.54 Å². The van der Waals surface area contributed by atoms with Crippen LogP contribution in [0.2, 0.25) is 5.02 Å². The first-order valence-corrected chi connectivity index (χ1v) is 11.4. The number of nitrogens with one attached hydrogen (secondary N) is 1. The molecule has 2 aromatic carbocycles. The number of benzene rings is 2. The standard InChI is InChI=1S/C22H22ClN5O2S/c1-3-4-13-27-20(30)15-9-5-8-12-18(15)28-21(27)25-26-22(28)31-14(2)19(29)24-17-11-7-6-10-16(17)23/h5-12,14H,3-4,13H2,1-2H3,(H,24,29). The summed E-state index contributed by atoms with van der Waals surface area (Å²) in [7, 11) is 0. The Balaban J connectivity index is 1.71. The minimum absolute atomic E-state index is 0.0787. The number of anilines is 1. The van der Waals surface area contributed by atoms with Crippen molar-refractivity contribution in [2.75, 3.05) is 5.32 Å². The summed E-state index contributed by atoms with van der Waals surface area (Å²) in [6.45, 7) is 4.44. The maximum absolute atomic E-state index is 13.0. The molecule has 0 saturated heterocycles. The third-order valence-electron chi connectivity index (χ3n) is 5.00. The van der Waals surface area contributed by atoms with Gasteiger partial charge in [-0.15, -0.1) is 10.2 Å². The average Bonchev–Trinajstić information content (AvgIpc) is 3.18. The van der Waals surface area contributed by atoms with Gasteiger partial charge < -0.3 is 5.32 Å². The van der Waals surface area contributed by atoms with Crippen LogP contribution in [0.1, 0.15) is 26.7 Å². The van der Waals surface area contributed by atoms with Crippen LogP contribution in [0.5, 0.6) is 0 Å². The minimum atomic E-state index is -0.460. The van der Waals surface area contributed by atoms with Crippen molar-refractivity contribution < 1.29 is 4.79 Å². The number of halogens is 1. The maximum atomic E-state index is 13.0. The number of rotatable bonds is 7. The van der Waals surface area contributed by atoms with Gasteiger partial charge in [-0.3, -0.25) is 18.6 Å². The Labute approximate surface area is 188 Å². The number of aromatic nitrogens is 4. The molecule has 0 saturated carbocycles. The molecule has 0 bridgehead atoms. The highest BCUT2D eigenvalue weighted by molar-refractivity contribution is 8.00. The van der Waals surface area contributed by atoms with E-state index in [1.54, 1.807) is 23.6 Å². The zero-order chi connectivity index (χ0) is 22.0. The second kappa shape index (κ2) is 9.11. The number of nitrogens with zero attached hydrogens (tertiary/aromatic N) is 4. The highest BCUT2D eigenvalue weighted by atomic mass is 35.5. The van der Waals surface area contributed by atoms with E-state index in [2.05, 4.69) is 22.4 Å². The molecule has 1 unspecified atom stereocenters. The first kappa shape index (κ1) is 21.4. The highest BCUT2D eigenvalue weighted by Crippen LogP contribution is 2.27. The third-order valence-corrected chi connectivity index (χ3v) is 6.37. The third kappa shape index (κ3) is 4.18. The number of thioether (sulfide) groups is 1. The van der Waals surface area contributed by atoms with Gasteiger partial charge in [-0.1, -0.05) is 61.0 Å². The Morgan fingerprint density at radius 2 is 1.90 bits per heavy atom. The smallest absolute Gasteiger partial charge is 0.262 e. The van der Waals surface area contributed by atoms with E-state index in [0.717, 1.165) is 18.4 Å². The zero-order valence-electron chi connectivity index (χ0n) is 17.2. The van der Waals surface area contributed by atoms with Gasteiger partial charge in [0.1, 0.15) is 0 Å². The predicted molar refractivity (Wildman–Crippen MR) is 125 cm³/mol. The molecular formula is C22H22ClN5O2S. The summed E-state index contributed by atoms with van der Waals surface area (Å²) < 4.78 is 3.52. The SMILES string of the molecule is CCCCn1c(=O)c2ccccc2n2c(SC(C)C(=O)Nc3ccccc3Cl)nnc12. The second-order valence-corrected chi connectivity index (χ2v) is 8.89. The molecule has 4 rings (SSSR count). The van der Waals surface area contributed by atoms with E-state index in [1.807, 2.05) is 40.8 Å². The normalized spacial score (nSPS) is 12.4.